The minimum atomic E-state index is -1.89. The number of aromatic hydroxyl groups is 1. The molecule has 4 rings (SSSR count). The number of hydrogen-bond acceptors (Lipinski definition) is 6. The molecule has 2 aliphatic rings. The first-order chi connectivity index (χ1) is 16.9. The fraction of sp³-hybridized carbons (Fsp3) is 0.538. The van der Waals surface area contributed by atoms with Gasteiger partial charge >= 0.3 is 0 Å². The smallest absolute Gasteiger partial charge is 0.258 e. The number of benzene rings is 1. The van der Waals surface area contributed by atoms with Crippen LogP contribution in [0.25, 0.3) is 10.4 Å². The van der Waals surface area contributed by atoms with E-state index >= 15 is 0 Å². The van der Waals surface area contributed by atoms with Crippen molar-refractivity contribution in [1.29, 1.82) is 0 Å². The van der Waals surface area contributed by atoms with Gasteiger partial charge in [0.2, 0.25) is 11.8 Å². The molecule has 194 valence electrons. The van der Waals surface area contributed by atoms with Crippen LogP contribution >= 0.6 is 11.3 Å². The van der Waals surface area contributed by atoms with Crippen LogP contribution < -0.4 is 10.6 Å². The second kappa shape index (κ2) is 9.80. The van der Waals surface area contributed by atoms with Crippen LogP contribution in [-0.2, 0) is 20.9 Å². The van der Waals surface area contributed by atoms with Gasteiger partial charge in [-0.15, -0.1) is 11.3 Å². The van der Waals surface area contributed by atoms with Gasteiger partial charge in [-0.3, -0.25) is 14.4 Å². The average molecular weight is 517 g/mol. The fourth-order valence-corrected chi connectivity index (χ4v) is 5.25. The maximum atomic E-state index is 14.3. The number of thiazole rings is 1. The number of hydrogen-bond donors (Lipinski definition) is 3. The molecular weight excluding hydrogens is 483 g/mol. The fourth-order valence-electron chi connectivity index (χ4n) is 4.45. The van der Waals surface area contributed by atoms with Crippen LogP contribution in [-0.4, -0.2) is 57.0 Å². The molecule has 0 unspecified atom stereocenters. The largest absolute Gasteiger partial charge is 0.508 e. The highest BCUT2D eigenvalue weighted by Gasteiger charge is 2.53. The Hall–Kier alpha value is -3.01. The summed E-state index contributed by atoms with van der Waals surface area (Å²) in [5.74, 6) is -1.41. The van der Waals surface area contributed by atoms with E-state index in [0.717, 1.165) is 16.1 Å². The number of nitrogens with one attached hydrogen (secondary N) is 2. The summed E-state index contributed by atoms with van der Waals surface area (Å²) in [4.78, 5) is 45.6. The van der Waals surface area contributed by atoms with Gasteiger partial charge in [-0.25, -0.2) is 9.37 Å². The van der Waals surface area contributed by atoms with Crippen LogP contribution in [0.15, 0.2) is 23.7 Å². The van der Waals surface area contributed by atoms with Crippen LogP contribution in [0.5, 0.6) is 5.75 Å². The van der Waals surface area contributed by atoms with Gasteiger partial charge in [-0.1, -0.05) is 32.9 Å². The summed E-state index contributed by atoms with van der Waals surface area (Å²) in [7, 11) is 0. The van der Waals surface area contributed by atoms with E-state index in [1.807, 2.05) is 13.0 Å². The van der Waals surface area contributed by atoms with Gasteiger partial charge < -0.3 is 20.6 Å². The molecule has 2 atom stereocenters. The lowest BCUT2D eigenvalue weighted by molar-refractivity contribution is -0.144. The minimum absolute atomic E-state index is 0.0655. The van der Waals surface area contributed by atoms with Crippen molar-refractivity contribution >= 4 is 29.1 Å². The predicted molar refractivity (Wildman–Crippen MR) is 135 cm³/mol. The number of likely N-dealkylation sites (tertiary alicyclic amines) is 1. The van der Waals surface area contributed by atoms with Gasteiger partial charge in [0.15, 0.2) is 5.67 Å². The molecule has 1 aromatic carbocycles. The Morgan fingerprint density at radius 2 is 2.03 bits per heavy atom. The van der Waals surface area contributed by atoms with E-state index in [1.54, 1.807) is 38.4 Å². The molecule has 36 heavy (non-hydrogen) atoms. The zero-order valence-corrected chi connectivity index (χ0v) is 21.9. The molecule has 3 N–H and O–H groups in total. The maximum Gasteiger partial charge on any atom is 0.258 e. The molecule has 0 spiro atoms. The van der Waals surface area contributed by atoms with E-state index in [0.29, 0.717) is 24.9 Å². The minimum Gasteiger partial charge on any atom is -0.508 e. The maximum absolute atomic E-state index is 14.3. The van der Waals surface area contributed by atoms with Crippen LogP contribution in [0.1, 0.15) is 57.7 Å². The number of amides is 3. The van der Waals surface area contributed by atoms with Crippen molar-refractivity contribution in [2.24, 2.45) is 5.41 Å². The number of nitrogens with zero attached hydrogens (tertiary/aromatic N) is 2. The lowest BCUT2D eigenvalue weighted by Crippen LogP contribution is -2.58. The highest BCUT2D eigenvalue weighted by molar-refractivity contribution is 7.13. The second-order valence-electron chi connectivity index (χ2n) is 10.8. The molecule has 1 aliphatic heterocycles. The van der Waals surface area contributed by atoms with Crippen molar-refractivity contribution < 1.29 is 23.9 Å². The predicted octanol–water partition coefficient (Wildman–Crippen LogP) is 3.46. The zero-order valence-electron chi connectivity index (χ0n) is 21.1. The number of carbonyl (C=O) groups excluding carboxylic acids is 3. The number of aryl methyl sites for hydroxylation is 1. The van der Waals surface area contributed by atoms with Gasteiger partial charge in [-0.2, -0.15) is 0 Å². The first kappa shape index (κ1) is 26.1. The number of alkyl halides is 1. The topological polar surface area (TPSA) is 112 Å². The highest BCUT2D eigenvalue weighted by Crippen LogP contribution is 2.40. The van der Waals surface area contributed by atoms with Gasteiger partial charge in [0, 0.05) is 18.7 Å². The number of aromatic nitrogens is 1. The Balaban J connectivity index is 1.42. The third kappa shape index (κ3) is 5.38. The second-order valence-corrected chi connectivity index (χ2v) is 11.6. The first-order valence-electron chi connectivity index (χ1n) is 12.2. The Kier molecular flexibility index (Phi) is 7.10. The van der Waals surface area contributed by atoms with E-state index in [2.05, 4.69) is 15.6 Å². The third-order valence-electron chi connectivity index (χ3n) is 6.87. The van der Waals surface area contributed by atoms with E-state index in [1.165, 1.54) is 16.2 Å². The average Bonchev–Trinajstić information content (AvgIpc) is 3.20. The zero-order chi connectivity index (χ0) is 26.3. The van der Waals surface area contributed by atoms with Crippen LogP contribution in [0.2, 0.25) is 0 Å². The molecule has 1 saturated heterocycles. The lowest BCUT2D eigenvalue weighted by Gasteiger charge is -2.35. The van der Waals surface area contributed by atoms with E-state index in [4.69, 9.17) is 0 Å². The number of phenols is 1. The summed E-state index contributed by atoms with van der Waals surface area (Å²) in [6, 6.07) is 3.65. The Bertz CT molecular complexity index is 1170. The third-order valence-corrected chi connectivity index (χ3v) is 7.85. The normalized spacial score (nSPS) is 19.6. The summed E-state index contributed by atoms with van der Waals surface area (Å²) in [5.41, 5.74) is 1.50. The Labute approximate surface area is 214 Å². The summed E-state index contributed by atoms with van der Waals surface area (Å²) in [6.45, 7) is 7.81. The Morgan fingerprint density at radius 1 is 1.31 bits per heavy atom. The van der Waals surface area contributed by atoms with E-state index in [-0.39, 0.29) is 37.0 Å². The first-order valence-corrected chi connectivity index (χ1v) is 13.1. The van der Waals surface area contributed by atoms with Crippen molar-refractivity contribution in [2.45, 2.75) is 77.7 Å². The Morgan fingerprint density at radius 3 is 2.61 bits per heavy atom. The standard InChI is InChI=1S/C26H33FN4O4S/c1-15-20(36-14-29-15)16-7-8-17(19(32)12-16)13-28-22(33)18-6-5-11-31(18)23(34)21(25(2,3)4)30-24(35)26(27)9-10-26/h7-8,12,14,18,21,32H,5-6,9-11,13H2,1-4H3,(H,28,33)(H,30,35)/t18-,21+/m0/s1. The molecule has 8 nitrogen and oxygen atoms in total. The summed E-state index contributed by atoms with van der Waals surface area (Å²) in [6.07, 6.45) is 1.47. The molecule has 0 radical (unpaired) electrons. The van der Waals surface area contributed by atoms with Crippen molar-refractivity contribution in [3.05, 3.63) is 35.0 Å². The van der Waals surface area contributed by atoms with Crippen molar-refractivity contribution in [3.63, 3.8) is 0 Å². The van der Waals surface area contributed by atoms with Crippen molar-refractivity contribution in [3.8, 4) is 16.2 Å². The van der Waals surface area contributed by atoms with Crippen molar-refractivity contribution in [1.82, 2.24) is 20.5 Å². The lowest BCUT2D eigenvalue weighted by atomic mass is 9.85. The molecule has 2 fully saturated rings. The van der Waals surface area contributed by atoms with Gasteiger partial charge in [0.1, 0.15) is 17.8 Å². The molecule has 2 heterocycles. The summed E-state index contributed by atoms with van der Waals surface area (Å²) >= 11 is 1.49. The van der Waals surface area contributed by atoms with Gasteiger partial charge in [0.05, 0.1) is 16.1 Å². The van der Waals surface area contributed by atoms with Crippen LogP contribution in [0.4, 0.5) is 4.39 Å². The van der Waals surface area contributed by atoms with Crippen molar-refractivity contribution in [2.75, 3.05) is 6.54 Å². The van der Waals surface area contributed by atoms with Crippen LogP contribution in [0, 0.1) is 12.3 Å². The molecule has 1 saturated carbocycles. The highest BCUT2D eigenvalue weighted by atomic mass is 32.1. The van der Waals surface area contributed by atoms with Gasteiger partial charge in [0.25, 0.3) is 5.91 Å². The SMILES string of the molecule is Cc1ncsc1-c1ccc(CNC(=O)[C@@H]2CCCN2C(=O)[C@@H](NC(=O)C2(F)CC2)C(C)(C)C)c(O)c1. The summed E-state index contributed by atoms with van der Waals surface area (Å²) < 4.78 is 14.3. The molecule has 3 amide bonds. The molecular formula is C26H33FN4O4S. The number of carbonyl (C=O) groups is 3. The number of rotatable bonds is 7. The van der Waals surface area contributed by atoms with Crippen LogP contribution in [0.3, 0.4) is 0 Å². The monoisotopic (exact) mass is 516 g/mol. The molecule has 0 bridgehead atoms. The molecule has 1 aromatic heterocycles. The van der Waals surface area contributed by atoms with E-state index < -0.39 is 29.1 Å². The number of halogens is 1. The molecule has 1 aliphatic carbocycles. The molecule has 2 aromatic rings. The quantitative estimate of drug-likeness (QED) is 0.522. The molecule has 10 heteroatoms. The number of phenolic OH excluding ortho intramolecular Hbond substituents is 1. The van der Waals surface area contributed by atoms with E-state index in [9.17, 15) is 23.9 Å². The van der Waals surface area contributed by atoms with Gasteiger partial charge in [-0.05, 0) is 49.7 Å². The summed E-state index contributed by atoms with van der Waals surface area (Å²) in [5, 5.41) is 16.0.